The molecule has 2 aliphatic rings. The minimum absolute atomic E-state index is 0.526. The van der Waals surface area contributed by atoms with Crippen LogP contribution in [0.4, 0.5) is 0 Å². The molecular weight excluding hydrogens is 292 g/mol. The highest BCUT2D eigenvalue weighted by Gasteiger charge is 2.15. The molecule has 1 fully saturated rings. The molecule has 2 aliphatic carbocycles. The zero-order valence-corrected chi connectivity index (χ0v) is 14.3. The van der Waals surface area contributed by atoms with Gasteiger partial charge in [0.2, 0.25) is 0 Å². The number of rotatable bonds is 4. The first-order valence-electron chi connectivity index (χ1n) is 8.85. The van der Waals surface area contributed by atoms with Gasteiger partial charge in [0.05, 0.1) is 10.7 Å². The number of aromatic nitrogens is 1. The predicted octanol–water partition coefficient (Wildman–Crippen LogP) is 3.19. The summed E-state index contributed by atoms with van der Waals surface area (Å²) in [5.41, 5.74) is 7.39. The van der Waals surface area contributed by atoms with E-state index in [1.807, 2.05) is 11.3 Å². The van der Waals surface area contributed by atoms with Crippen LogP contribution in [0.5, 0.6) is 0 Å². The van der Waals surface area contributed by atoms with Crippen LogP contribution in [0, 0.1) is 0 Å². The average Bonchev–Trinajstić information content (AvgIpc) is 2.75. The van der Waals surface area contributed by atoms with Gasteiger partial charge in [0, 0.05) is 23.9 Å². The second-order valence-electron chi connectivity index (χ2n) is 6.53. The number of nitrogens with one attached hydrogen (secondary N) is 1. The average molecular weight is 321 g/mol. The van der Waals surface area contributed by atoms with Gasteiger partial charge in [0.15, 0.2) is 5.96 Å². The van der Waals surface area contributed by atoms with Crippen molar-refractivity contribution in [1.82, 2.24) is 10.3 Å². The zero-order chi connectivity index (χ0) is 15.2. The molecule has 0 saturated heterocycles. The van der Waals surface area contributed by atoms with Gasteiger partial charge in [-0.1, -0.05) is 25.7 Å². The normalized spacial score (nSPS) is 20.5. The molecule has 1 heterocycles. The summed E-state index contributed by atoms with van der Waals surface area (Å²) in [6, 6.07) is 0.526. The van der Waals surface area contributed by atoms with Crippen molar-refractivity contribution in [1.29, 1.82) is 0 Å². The maximum Gasteiger partial charge on any atom is 0.188 e. The van der Waals surface area contributed by atoms with Crippen molar-refractivity contribution in [3.05, 3.63) is 15.6 Å². The molecule has 1 saturated carbocycles. The lowest BCUT2D eigenvalue weighted by Gasteiger charge is -2.16. The van der Waals surface area contributed by atoms with Crippen LogP contribution in [-0.4, -0.2) is 23.5 Å². The van der Waals surface area contributed by atoms with Crippen LogP contribution >= 0.6 is 11.3 Å². The number of nitrogens with two attached hydrogens (primary N) is 1. The second-order valence-corrected chi connectivity index (χ2v) is 7.70. The molecule has 1 aromatic heterocycles. The quantitative estimate of drug-likeness (QED) is 0.509. The molecule has 3 N–H and O–H groups in total. The fourth-order valence-electron chi connectivity index (χ4n) is 3.46. The van der Waals surface area contributed by atoms with E-state index in [4.69, 9.17) is 10.7 Å². The lowest BCUT2D eigenvalue weighted by atomic mass is 10.0. The lowest BCUT2D eigenvalue weighted by molar-refractivity contribution is 0.530. The van der Waals surface area contributed by atoms with E-state index in [1.54, 1.807) is 0 Å². The number of thiazole rings is 1. The molecule has 0 unspecified atom stereocenters. The van der Waals surface area contributed by atoms with E-state index in [2.05, 4.69) is 10.3 Å². The predicted molar refractivity (Wildman–Crippen MR) is 93.6 cm³/mol. The maximum atomic E-state index is 6.04. The number of aryl methyl sites for hydroxylation is 2. The number of hydrogen-bond acceptors (Lipinski definition) is 3. The highest BCUT2D eigenvalue weighted by Crippen LogP contribution is 2.26. The summed E-state index contributed by atoms with van der Waals surface area (Å²) < 4.78 is 0. The standard InChI is InChI=1S/C17H28N4S/c18-17(20-13-7-3-1-2-4-8-13)19-12-11-16-21-14-9-5-6-10-15(14)22-16/h13H,1-12H2,(H3,18,19,20). The Labute approximate surface area is 137 Å². The Kier molecular flexibility index (Phi) is 5.70. The first-order valence-corrected chi connectivity index (χ1v) is 9.67. The molecule has 22 heavy (non-hydrogen) atoms. The number of fused-ring (bicyclic) bond motifs is 1. The van der Waals surface area contributed by atoms with Gasteiger partial charge in [-0.3, -0.25) is 4.99 Å². The minimum atomic E-state index is 0.526. The van der Waals surface area contributed by atoms with Gasteiger partial charge in [-0.15, -0.1) is 11.3 Å². The fourth-order valence-corrected chi connectivity index (χ4v) is 4.61. The Bertz CT molecular complexity index is 477. The third kappa shape index (κ3) is 4.45. The molecule has 0 aliphatic heterocycles. The van der Waals surface area contributed by atoms with Gasteiger partial charge in [0.1, 0.15) is 0 Å². The minimum Gasteiger partial charge on any atom is -0.370 e. The van der Waals surface area contributed by atoms with E-state index >= 15 is 0 Å². The first-order chi connectivity index (χ1) is 10.8. The van der Waals surface area contributed by atoms with Gasteiger partial charge in [0.25, 0.3) is 0 Å². The van der Waals surface area contributed by atoms with Crippen LogP contribution in [0.1, 0.15) is 66.9 Å². The molecule has 0 aromatic carbocycles. The summed E-state index contributed by atoms with van der Waals surface area (Å²) in [5, 5.41) is 4.64. The molecule has 5 heteroatoms. The topological polar surface area (TPSA) is 63.3 Å². The molecule has 122 valence electrons. The maximum absolute atomic E-state index is 6.04. The van der Waals surface area contributed by atoms with E-state index in [1.165, 1.54) is 79.8 Å². The Hall–Kier alpha value is -1.10. The monoisotopic (exact) mass is 320 g/mol. The summed E-state index contributed by atoms with van der Waals surface area (Å²) in [5.74, 6) is 0.619. The molecule has 0 bridgehead atoms. The van der Waals surface area contributed by atoms with Crippen molar-refractivity contribution < 1.29 is 0 Å². The summed E-state index contributed by atoms with van der Waals surface area (Å²) in [4.78, 5) is 10.8. The van der Waals surface area contributed by atoms with E-state index < -0.39 is 0 Å². The van der Waals surface area contributed by atoms with Crippen LogP contribution in [0.15, 0.2) is 4.99 Å². The number of guanidine groups is 1. The molecule has 0 radical (unpaired) electrons. The van der Waals surface area contributed by atoms with E-state index in [9.17, 15) is 0 Å². The molecule has 4 nitrogen and oxygen atoms in total. The van der Waals surface area contributed by atoms with E-state index in [0.717, 1.165) is 13.0 Å². The third-order valence-corrected chi connectivity index (χ3v) is 5.92. The van der Waals surface area contributed by atoms with Crippen molar-refractivity contribution in [2.45, 2.75) is 76.7 Å². The largest absolute Gasteiger partial charge is 0.370 e. The van der Waals surface area contributed by atoms with Crippen molar-refractivity contribution >= 4 is 17.3 Å². The SMILES string of the molecule is NC(=NCCc1nc2c(s1)CCCC2)NC1CCCCCC1. The van der Waals surface area contributed by atoms with E-state index in [-0.39, 0.29) is 0 Å². The van der Waals surface area contributed by atoms with Crippen molar-refractivity contribution in [3.8, 4) is 0 Å². The van der Waals surface area contributed by atoms with Gasteiger partial charge >= 0.3 is 0 Å². The van der Waals surface area contributed by atoms with Crippen LogP contribution in [0.3, 0.4) is 0 Å². The van der Waals surface area contributed by atoms with Crippen LogP contribution in [0.25, 0.3) is 0 Å². The molecular formula is C17H28N4S. The summed E-state index contributed by atoms with van der Waals surface area (Å²) in [6.07, 6.45) is 13.8. The second kappa shape index (κ2) is 7.95. The van der Waals surface area contributed by atoms with Gasteiger partial charge in [-0.2, -0.15) is 0 Å². The Balaban J connectivity index is 1.45. The van der Waals surface area contributed by atoms with Crippen molar-refractivity contribution in [2.24, 2.45) is 10.7 Å². The molecule has 3 rings (SSSR count). The summed E-state index contributed by atoms with van der Waals surface area (Å²) in [7, 11) is 0. The zero-order valence-electron chi connectivity index (χ0n) is 13.4. The first kappa shape index (κ1) is 15.8. The molecule has 1 aromatic rings. The van der Waals surface area contributed by atoms with Crippen LogP contribution in [0.2, 0.25) is 0 Å². The van der Waals surface area contributed by atoms with Crippen LogP contribution < -0.4 is 11.1 Å². The Morgan fingerprint density at radius 2 is 1.91 bits per heavy atom. The number of aliphatic imine (C=N–C) groups is 1. The third-order valence-electron chi connectivity index (χ3n) is 4.70. The smallest absolute Gasteiger partial charge is 0.188 e. The number of hydrogen-bond donors (Lipinski definition) is 2. The van der Waals surface area contributed by atoms with Gasteiger partial charge in [-0.05, 0) is 38.5 Å². The Morgan fingerprint density at radius 1 is 1.14 bits per heavy atom. The van der Waals surface area contributed by atoms with Crippen LogP contribution in [-0.2, 0) is 19.3 Å². The van der Waals surface area contributed by atoms with Gasteiger partial charge in [-0.25, -0.2) is 4.98 Å². The molecule has 0 amide bonds. The lowest BCUT2D eigenvalue weighted by Crippen LogP contribution is -2.40. The summed E-state index contributed by atoms with van der Waals surface area (Å²) >= 11 is 1.88. The summed E-state index contributed by atoms with van der Waals surface area (Å²) in [6.45, 7) is 0.748. The molecule has 0 atom stereocenters. The van der Waals surface area contributed by atoms with Gasteiger partial charge < -0.3 is 11.1 Å². The molecule has 0 spiro atoms. The highest BCUT2D eigenvalue weighted by molar-refractivity contribution is 7.11. The van der Waals surface area contributed by atoms with E-state index in [0.29, 0.717) is 12.0 Å². The Morgan fingerprint density at radius 3 is 2.68 bits per heavy atom. The fraction of sp³-hybridized carbons (Fsp3) is 0.765. The number of nitrogens with zero attached hydrogens (tertiary/aromatic N) is 2. The van der Waals surface area contributed by atoms with Crippen molar-refractivity contribution in [3.63, 3.8) is 0 Å². The highest BCUT2D eigenvalue weighted by atomic mass is 32.1. The van der Waals surface area contributed by atoms with Crippen molar-refractivity contribution in [2.75, 3.05) is 6.54 Å².